The molecule has 0 aliphatic heterocycles. The predicted molar refractivity (Wildman–Crippen MR) is 155 cm³/mol. The van der Waals surface area contributed by atoms with E-state index in [-0.39, 0.29) is 39.1 Å². The molecule has 0 unspecified atom stereocenters. The van der Waals surface area contributed by atoms with Crippen LogP contribution in [-0.4, -0.2) is 44.8 Å². The second-order valence-electron chi connectivity index (χ2n) is 8.70. The molecule has 0 aliphatic rings. The number of nitrogens with two attached hydrogens (primary N) is 1. The van der Waals surface area contributed by atoms with E-state index in [4.69, 9.17) is 5.73 Å². The van der Waals surface area contributed by atoms with E-state index in [0.717, 1.165) is 23.5 Å². The molecule has 6 N–H and O–H groups in total. The molecule has 43 heavy (non-hydrogen) atoms. The zero-order chi connectivity index (χ0) is 31.9. The summed E-state index contributed by atoms with van der Waals surface area (Å²) in [5.74, 6) is -0.217. The highest BCUT2D eigenvalue weighted by Gasteiger charge is 2.26. The molecule has 1 heterocycles. The Labute approximate surface area is 248 Å². The molecule has 3 aromatic carbocycles. The standard InChI is InChI=1S/C24H19N5O10S4/c1-2-21(30)27-13-5-3-12(4-6-13)22-18(11-25)23(26)40-24(22)29-28-14-7-16-17(19(8-14)42(34,35)36)9-15(41(31,32)33)10-20(16)43(37,38)39/h3-10H,2,26H2,1H3,(H,27,30)(H,31,32,33)(H,34,35,36)(H,37,38,39)/b29-28+. The number of hydrogen-bond donors (Lipinski definition) is 5. The van der Waals surface area contributed by atoms with Crippen LogP contribution in [-0.2, 0) is 35.1 Å². The van der Waals surface area contributed by atoms with Crippen molar-refractivity contribution in [3.05, 3.63) is 54.1 Å². The van der Waals surface area contributed by atoms with Gasteiger partial charge in [-0.25, -0.2) is 0 Å². The lowest BCUT2D eigenvalue weighted by atomic mass is 10.0. The third kappa shape index (κ3) is 6.70. The number of benzene rings is 3. The number of amides is 1. The van der Waals surface area contributed by atoms with Crippen LogP contribution in [0.25, 0.3) is 21.9 Å². The van der Waals surface area contributed by atoms with E-state index in [1.165, 1.54) is 0 Å². The number of rotatable bonds is 8. The maximum atomic E-state index is 12.2. The van der Waals surface area contributed by atoms with Gasteiger partial charge in [-0.1, -0.05) is 30.4 Å². The minimum Gasteiger partial charge on any atom is -0.389 e. The van der Waals surface area contributed by atoms with Gasteiger partial charge >= 0.3 is 0 Å². The Morgan fingerprint density at radius 1 is 0.907 bits per heavy atom. The first-order valence-electron chi connectivity index (χ1n) is 11.6. The smallest absolute Gasteiger partial charge is 0.295 e. The highest BCUT2D eigenvalue weighted by Crippen LogP contribution is 2.45. The van der Waals surface area contributed by atoms with Crippen LogP contribution in [0.3, 0.4) is 0 Å². The fourth-order valence-electron chi connectivity index (χ4n) is 3.95. The van der Waals surface area contributed by atoms with E-state index < -0.39 is 55.8 Å². The molecule has 4 rings (SSSR count). The SMILES string of the molecule is CCC(=O)Nc1ccc(-c2c(/N=N/c3cc(S(=O)(=O)O)c4cc(S(=O)(=O)O)cc(S(=O)(=O)O)c4c3)sc(N)c2C#N)cc1. The van der Waals surface area contributed by atoms with Crippen molar-refractivity contribution in [3.8, 4) is 17.2 Å². The molecule has 0 radical (unpaired) electrons. The van der Waals surface area contributed by atoms with Crippen molar-refractivity contribution in [2.75, 3.05) is 11.1 Å². The van der Waals surface area contributed by atoms with Crippen LogP contribution in [0.5, 0.6) is 0 Å². The minimum atomic E-state index is -5.22. The molecule has 19 heteroatoms. The summed E-state index contributed by atoms with van der Waals surface area (Å²) in [6, 6.07) is 11.0. The monoisotopic (exact) mass is 665 g/mol. The molecule has 0 saturated heterocycles. The fourth-order valence-corrected chi connectivity index (χ4v) is 6.86. The third-order valence-corrected chi connectivity index (χ3v) is 9.39. The second-order valence-corrected chi connectivity index (χ2v) is 13.9. The normalized spacial score (nSPS) is 12.4. The molecule has 0 bridgehead atoms. The summed E-state index contributed by atoms with van der Waals surface area (Å²) in [5, 5.41) is 19.3. The van der Waals surface area contributed by atoms with Crippen molar-refractivity contribution in [1.29, 1.82) is 5.26 Å². The summed E-state index contributed by atoms with van der Waals surface area (Å²) in [6.45, 7) is 1.68. The summed E-state index contributed by atoms with van der Waals surface area (Å²) in [5.41, 5.74) is 6.87. The summed E-state index contributed by atoms with van der Waals surface area (Å²) < 4.78 is 101. The van der Waals surface area contributed by atoms with E-state index in [0.29, 0.717) is 23.4 Å². The van der Waals surface area contributed by atoms with Gasteiger partial charge in [-0.2, -0.15) is 30.5 Å². The Balaban J connectivity index is 1.93. The van der Waals surface area contributed by atoms with E-state index >= 15 is 0 Å². The summed E-state index contributed by atoms with van der Waals surface area (Å²) >= 11 is 0.851. The number of carbonyl (C=O) groups excluding carboxylic acids is 1. The number of nitrogen functional groups attached to an aromatic ring is 1. The Morgan fingerprint density at radius 3 is 2.02 bits per heavy atom. The van der Waals surface area contributed by atoms with Gasteiger partial charge in [0.2, 0.25) is 5.91 Å². The molecule has 4 aromatic rings. The first-order valence-corrected chi connectivity index (χ1v) is 16.8. The van der Waals surface area contributed by atoms with Crippen LogP contribution < -0.4 is 11.1 Å². The Bertz CT molecular complexity index is 2200. The number of nitriles is 1. The molecule has 15 nitrogen and oxygen atoms in total. The molecule has 1 aromatic heterocycles. The average Bonchev–Trinajstić information content (AvgIpc) is 3.24. The molecule has 0 saturated carbocycles. The van der Waals surface area contributed by atoms with E-state index in [1.54, 1.807) is 31.2 Å². The summed E-state index contributed by atoms with van der Waals surface area (Å²) in [7, 11) is -15.5. The van der Waals surface area contributed by atoms with Crippen LogP contribution in [0.4, 0.5) is 21.4 Å². The first-order chi connectivity index (χ1) is 19.9. The van der Waals surface area contributed by atoms with Gasteiger partial charge in [0, 0.05) is 28.4 Å². The van der Waals surface area contributed by atoms with Gasteiger partial charge in [-0.3, -0.25) is 18.5 Å². The maximum absolute atomic E-state index is 12.2. The van der Waals surface area contributed by atoms with Crippen LogP contribution in [0.15, 0.2) is 73.4 Å². The van der Waals surface area contributed by atoms with Gasteiger partial charge in [0.15, 0.2) is 0 Å². The number of hydrogen-bond acceptors (Lipinski definition) is 12. The average molecular weight is 666 g/mol. The van der Waals surface area contributed by atoms with Crippen LogP contribution in [0.1, 0.15) is 18.9 Å². The maximum Gasteiger partial charge on any atom is 0.295 e. The van der Waals surface area contributed by atoms with Crippen LogP contribution in [0.2, 0.25) is 0 Å². The fraction of sp³-hybridized carbons (Fsp3) is 0.0833. The lowest BCUT2D eigenvalue weighted by Gasteiger charge is -2.11. The van der Waals surface area contributed by atoms with E-state index in [9.17, 15) is 49.0 Å². The molecule has 0 aliphatic carbocycles. The highest BCUT2D eigenvalue weighted by molar-refractivity contribution is 7.87. The number of azo groups is 1. The number of nitrogens with zero attached hydrogens (tertiary/aromatic N) is 3. The largest absolute Gasteiger partial charge is 0.389 e. The van der Waals surface area contributed by atoms with Gasteiger partial charge in [-0.15, -0.1) is 10.2 Å². The molecular formula is C24H19N5O10S4. The number of fused-ring (bicyclic) bond motifs is 1. The molecule has 0 spiro atoms. The van der Waals surface area contributed by atoms with Gasteiger partial charge in [0.05, 0.1) is 16.1 Å². The van der Waals surface area contributed by atoms with Gasteiger partial charge in [0.25, 0.3) is 30.4 Å². The highest BCUT2D eigenvalue weighted by atomic mass is 32.2. The predicted octanol–water partition coefficient (Wildman–Crippen LogP) is 4.53. The lowest BCUT2D eigenvalue weighted by Crippen LogP contribution is -2.08. The van der Waals surface area contributed by atoms with Crippen molar-refractivity contribution in [1.82, 2.24) is 0 Å². The molecule has 0 fully saturated rings. The Hall–Kier alpha value is -4.29. The number of nitrogens with one attached hydrogen (secondary N) is 1. The van der Waals surface area contributed by atoms with Gasteiger partial charge in [0.1, 0.15) is 25.9 Å². The summed E-state index contributed by atoms with van der Waals surface area (Å²) in [4.78, 5) is 8.49. The van der Waals surface area contributed by atoms with Crippen molar-refractivity contribution in [2.45, 2.75) is 28.0 Å². The van der Waals surface area contributed by atoms with E-state index in [1.807, 2.05) is 6.07 Å². The van der Waals surface area contributed by atoms with Crippen LogP contribution in [0, 0.1) is 11.3 Å². The molecular weight excluding hydrogens is 647 g/mol. The van der Waals surface area contributed by atoms with Crippen molar-refractivity contribution in [3.63, 3.8) is 0 Å². The number of anilines is 2. The lowest BCUT2D eigenvalue weighted by molar-refractivity contribution is -0.115. The number of carbonyl (C=O) groups is 1. The molecule has 1 amide bonds. The van der Waals surface area contributed by atoms with Crippen LogP contribution >= 0.6 is 11.3 Å². The Morgan fingerprint density at radius 2 is 1.49 bits per heavy atom. The quantitative estimate of drug-likeness (QED) is 0.128. The zero-order valence-corrected chi connectivity index (χ0v) is 24.8. The van der Waals surface area contributed by atoms with E-state index in [2.05, 4.69) is 15.5 Å². The summed E-state index contributed by atoms with van der Waals surface area (Å²) in [6.07, 6.45) is 0.257. The second kappa shape index (κ2) is 11.4. The molecule has 0 atom stereocenters. The first kappa shape index (κ1) is 31.6. The minimum absolute atomic E-state index is 0.0489. The molecule has 224 valence electrons. The van der Waals surface area contributed by atoms with Crippen molar-refractivity contribution < 1.29 is 43.7 Å². The van der Waals surface area contributed by atoms with Crippen molar-refractivity contribution >= 4 is 79.7 Å². The van der Waals surface area contributed by atoms with Gasteiger partial charge in [-0.05, 0) is 42.0 Å². The Kier molecular flexibility index (Phi) is 8.40. The topological polar surface area (TPSA) is 267 Å². The van der Waals surface area contributed by atoms with Gasteiger partial charge < -0.3 is 11.1 Å². The third-order valence-electron chi connectivity index (χ3n) is 5.87. The van der Waals surface area contributed by atoms with Crippen molar-refractivity contribution in [2.24, 2.45) is 10.2 Å². The zero-order valence-electron chi connectivity index (χ0n) is 21.6. The number of thiophene rings is 1.